The van der Waals surface area contributed by atoms with E-state index in [9.17, 15) is 54.2 Å². The van der Waals surface area contributed by atoms with Crippen LogP contribution in [0, 0.1) is 0 Å². The molecule has 0 saturated carbocycles. The summed E-state index contributed by atoms with van der Waals surface area (Å²) in [5, 5.41) is 18.1. The number of carbonyl (C=O) groups excluding carboxylic acids is 1. The van der Waals surface area contributed by atoms with Gasteiger partial charge >= 0.3 is 30.6 Å². The molecule has 3 heterocycles. The Bertz CT molecular complexity index is 1740. The lowest BCUT2D eigenvalue weighted by molar-refractivity contribution is -0.143. The average molecular weight is 754 g/mol. The van der Waals surface area contributed by atoms with E-state index in [0.717, 1.165) is 17.2 Å². The fourth-order valence-electron chi connectivity index (χ4n) is 5.56. The first-order chi connectivity index (χ1) is 24.2. The number of amides is 1. The molecule has 0 saturated heterocycles. The van der Waals surface area contributed by atoms with Gasteiger partial charge in [0.05, 0.1) is 53.5 Å². The van der Waals surface area contributed by atoms with Crippen LogP contribution in [0.2, 0.25) is 0 Å². The summed E-state index contributed by atoms with van der Waals surface area (Å²) in [7, 11) is 0. The summed E-state index contributed by atoms with van der Waals surface area (Å²) in [5.41, 5.74) is -0.945. The van der Waals surface area contributed by atoms with Crippen LogP contribution in [0.3, 0.4) is 0 Å². The summed E-state index contributed by atoms with van der Waals surface area (Å²) in [5.74, 6) is -2.94. The number of aliphatic hydroxyl groups excluding tert-OH is 1. The van der Waals surface area contributed by atoms with Gasteiger partial charge in [0, 0.05) is 12.8 Å². The highest BCUT2D eigenvalue weighted by Crippen LogP contribution is 2.46. The third-order valence-electron chi connectivity index (χ3n) is 8.10. The molecule has 0 aliphatic carbocycles. The Kier molecular flexibility index (Phi) is 11.9. The number of aliphatic hydroxyl groups is 1. The van der Waals surface area contributed by atoms with E-state index in [1.807, 2.05) is 0 Å². The maximum Gasteiger partial charge on any atom is 0.433 e. The lowest BCUT2D eigenvalue weighted by atomic mass is 9.83. The molecule has 2 atom stereocenters. The Labute approximate surface area is 289 Å². The number of aromatic nitrogens is 3. The zero-order valence-corrected chi connectivity index (χ0v) is 27.2. The molecule has 4 N–H and O–H groups in total. The van der Waals surface area contributed by atoms with Crippen LogP contribution >= 0.6 is 0 Å². The van der Waals surface area contributed by atoms with Crippen molar-refractivity contribution in [3.63, 3.8) is 0 Å². The van der Waals surface area contributed by atoms with Gasteiger partial charge < -0.3 is 25.4 Å². The predicted octanol–water partition coefficient (Wildman–Crippen LogP) is 6.69. The van der Waals surface area contributed by atoms with Crippen molar-refractivity contribution in [3.8, 4) is 5.75 Å². The minimum atomic E-state index is -5.16. The number of ether oxygens (including phenoxy) is 2. The van der Waals surface area contributed by atoms with E-state index >= 15 is 0 Å². The number of carboxylic acid groups (broad SMARTS) is 1. The first-order valence-corrected chi connectivity index (χ1v) is 15.6. The molecule has 0 radical (unpaired) electrons. The monoisotopic (exact) mass is 753 g/mol. The Balaban J connectivity index is 1.84. The Morgan fingerprint density at radius 1 is 0.962 bits per heavy atom. The van der Waals surface area contributed by atoms with Gasteiger partial charge in [0.25, 0.3) is 0 Å². The number of halogens is 9. The second-order valence-corrected chi connectivity index (χ2v) is 11.8. The minimum Gasteiger partial charge on any atom is -0.488 e. The van der Waals surface area contributed by atoms with Crippen LogP contribution in [0.4, 0.5) is 50.0 Å². The largest absolute Gasteiger partial charge is 0.488 e. The second-order valence-electron chi connectivity index (χ2n) is 11.8. The van der Waals surface area contributed by atoms with Gasteiger partial charge in [-0.05, 0) is 61.6 Å². The third-order valence-corrected chi connectivity index (χ3v) is 8.10. The van der Waals surface area contributed by atoms with Crippen LogP contribution in [0.15, 0.2) is 36.5 Å². The quantitative estimate of drug-likeness (QED) is 0.134. The number of hydrogen-bond donors (Lipinski definition) is 3. The zero-order valence-electron chi connectivity index (χ0n) is 27.2. The average Bonchev–Trinajstić information content (AvgIpc) is 3.05. The number of pyridine rings is 1. The Hall–Kier alpha value is -4.72. The van der Waals surface area contributed by atoms with E-state index in [4.69, 9.17) is 20.3 Å². The number of unbranched alkanes of at least 4 members (excludes halogenated alkanes) is 1. The molecular formula is C32H32F9N5O6. The molecule has 0 spiro atoms. The number of benzene rings is 1. The van der Waals surface area contributed by atoms with E-state index in [0.29, 0.717) is 18.2 Å². The van der Waals surface area contributed by atoms with E-state index in [2.05, 4.69) is 15.0 Å². The smallest absolute Gasteiger partial charge is 0.433 e. The maximum absolute atomic E-state index is 13.9. The third kappa shape index (κ3) is 9.38. The van der Waals surface area contributed by atoms with Gasteiger partial charge in [-0.15, -0.1) is 0 Å². The van der Waals surface area contributed by atoms with Crippen molar-refractivity contribution in [3.05, 3.63) is 76.1 Å². The molecule has 284 valence electrons. The molecule has 2 aromatic heterocycles. The molecule has 1 aromatic carbocycles. The number of anilines is 1. The van der Waals surface area contributed by atoms with E-state index in [-0.39, 0.29) is 80.0 Å². The van der Waals surface area contributed by atoms with Crippen molar-refractivity contribution in [1.29, 1.82) is 0 Å². The van der Waals surface area contributed by atoms with Crippen molar-refractivity contribution in [2.75, 3.05) is 24.7 Å². The van der Waals surface area contributed by atoms with Gasteiger partial charge in [0.1, 0.15) is 23.8 Å². The molecule has 52 heavy (non-hydrogen) atoms. The summed E-state index contributed by atoms with van der Waals surface area (Å²) in [6, 6.07) is 2.45. The lowest BCUT2D eigenvalue weighted by Gasteiger charge is -2.46. The number of hydrogen-bond acceptors (Lipinski definition) is 9. The highest BCUT2D eigenvalue weighted by Gasteiger charge is 2.48. The van der Waals surface area contributed by atoms with E-state index in [1.54, 1.807) is 6.92 Å². The van der Waals surface area contributed by atoms with Crippen molar-refractivity contribution >= 4 is 17.7 Å². The summed E-state index contributed by atoms with van der Waals surface area (Å²) < 4.78 is 134. The number of nitrogens with zero attached hydrogens (tertiary/aromatic N) is 4. The van der Waals surface area contributed by atoms with Crippen LogP contribution in [0.25, 0.3) is 0 Å². The van der Waals surface area contributed by atoms with Gasteiger partial charge in [0.15, 0.2) is 5.75 Å². The normalized spacial score (nSPS) is 17.8. The highest BCUT2D eigenvalue weighted by molar-refractivity contribution is 5.91. The SMILES string of the molecule is CC[C@]1(N)C[C@H](c2ncc(OCCO)c(Cc3cc(C(F)(F)F)cc(C(F)(F)F)c3)n2)c2nc(C(F)(F)F)ccc2N1C(=O)OCCCCC(=O)O. The number of aliphatic carboxylic acids is 1. The number of rotatable bonds is 12. The van der Waals surface area contributed by atoms with Crippen LogP contribution in [-0.2, 0) is 34.5 Å². The van der Waals surface area contributed by atoms with Gasteiger partial charge in [-0.1, -0.05) is 6.92 Å². The Morgan fingerprint density at radius 2 is 1.62 bits per heavy atom. The molecular weight excluding hydrogens is 721 g/mol. The number of carboxylic acids is 1. The summed E-state index contributed by atoms with van der Waals surface area (Å²) in [6.45, 7) is 0.379. The summed E-state index contributed by atoms with van der Waals surface area (Å²) in [4.78, 5) is 37.4. The fourth-order valence-corrected chi connectivity index (χ4v) is 5.56. The van der Waals surface area contributed by atoms with E-state index in [1.165, 1.54) is 0 Å². The molecule has 20 heteroatoms. The van der Waals surface area contributed by atoms with Gasteiger partial charge in [-0.25, -0.2) is 19.7 Å². The topological polar surface area (TPSA) is 161 Å². The molecule has 1 aliphatic heterocycles. The molecule has 0 unspecified atom stereocenters. The van der Waals surface area contributed by atoms with Gasteiger partial charge in [0.2, 0.25) is 0 Å². The molecule has 0 bridgehead atoms. The first kappa shape index (κ1) is 40.1. The fraction of sp³-hybridized carbons (Fsp3) is 0.469. The summed E-state index contributed by atoms with van der Waals surface area (Å²) >= 11 is 0. The lowest BCUT2D eigenvalue weighted by Crippen LogP contribution is -2.62. The van der Waals surface area contributed by atoms with Crippen molar-refractivity contribution in [1.82, 2.24) is 15.0 Å². The van der Waals surface area contributed by atoms with Crippen LogP contribution in [0.5, 0.6) is 5.75 Å². The molecule has 1 amide bonds. The molecule has 11 nitrogen and oxygen atoms in total. The number of carbonyl (C=O) groups is 2. The Morgan fingerprint density at radius 3 is 2.17 bits per heavy atom. The first-order valence-electron chi connectivity index (χ1n) is 15.6. The van der Waals surface area contributed by atoms with Crippen molar-refractivity contribution < 1.29 is 68.8 Å². The molecule has 0 fully saturated rings. The predicted molar refractivity (Wildman–Crippen MR) is 162 cm³/mol. The molecule has 3 aromatic rings. The minimum absolute atomic E-state index is 0.0208. The van der Waals surface area contributed by atoms with Crippen LogP contribution < -0.4 is 15.4 Å². The van der Waals surface area contributed by atoms with Gasteiger partial charge in [-0.3, -0.25) is 9.69 Å². The maximum atomic E-state index is 13.9. The van der Waals surface area contributed by atoms with Crippen molar-refractivity contribution in [2.45, 2.75) is 75.6 Å². The van der Waals surface area contributed by atoms with Gasteiger partial charge in [-0.2, -0.15) is 39.5 Å². The standard InChI is InChI=1S/C32H32F9N5O6/c1-2-29(42)15-20(26-22(6-7-24(45-26)32(39,40)41)46(29)28(50)52-9-4-3-5-25(48)49)27-43-16-23(51-10-8-47)21(44-27)13-17-11-18(30(33,34)35)14-19(12-17)31(36,37)38/h6-7,11-12,14,16,20,47H,2-5,8-10,13,15,42H2,1H3,(H,48,49)/t20-,29+/m0/s1. The zero-order chi connectivity index (χ0) is 38.6. The van der Waals surface area contributed by atoms with Crippen molar-refractivity contribution in [2.24, 2.45) is 5.73 Å². The number of nitrogens with two attached hydrogens (primary N) is 1. The number of alkyl halides is 9. The van der Waals surface area contributed by atoms with Crippen LogP contribution in [0.1, 0.15) is 84.5 Å². The second kappa shape index (κ2) is 15.5. The molecule has 1 aliphatic rings. The summed E-state index contributed by atoms with van der Waals surface area (Å²) in [6.07, 6.45) is -16.4. The molecule has 4 rings (SSSR count). The number of fused-ring (bicyclic) bond motifs is 1. The van der Waals surface area contributed by atoms with E-state index < -0.39 is 77.6 Å². The highest BCUT2D eigenvalue weighted by atomic mass is 19.4. The van der Waals surface area contributed by atoms with Crippen LogP contribution in [-0.4, -0.2) is 62.7 Å².